The molecule has 1 saturated carbocycles. The van der Waals surface area contributed by atoms with Crippen molar-refractivity contribution in [3.63, 3.8) is 0 Å². The van der Waals surface area contributed by atoms with E-state index in [4.69, 9.17) is 4.74 Å². The fourth-order valence-electron chi connectivity index (χ4n) is 5.13. The largest absolute Gasteiger partial charge is 0.480 e. The van der Waals surface area contributed by atoms with Crippen LogP contribution in [0.15, 0.2) is 48.5 Å². The maximum absolute atomic E-state index is 13.0. The van der Waals surface area contributed by atoms with Crippen LogP contribution in [0.3, 0.4) is 0 Å². The Labute approximate surface area is 206 Å². The first-order chi connectivity index (χ1) is 16.8. The van der Waals surface area contributed by atoms with E-state index in [-0.39, 0.29) is 36.8 Å². The molecule has 7 nitrogen and oxygen atoms in total. The molecule has 2 aromatic rings. The van der Waals surface area contributed by atoms with Crippen LogP contribution in [0.1, 0.15) is 56.6 Å². The lowest BCUT2D eigenvalue weighted by atomic mass is 9.75. The first-order valence-electron chi connectivity index (χ1n) is 12.5. The van der Waals surface area contributed by atoms with Gasteiger partial charge in [0.25, 0.3) is 0 Å². The van der Waals surface area contributed by atoms with Gasteiger partial charge in [0, 0.05) is 12.5 Å². The van der Waals surface area contributed by atoms with Gasteiger partial charge in [0.05, 0.1) is 5.92 Å². The zero-order valence-corrected chi connectivity index (χ0v) is 20.3. The zero-order chi connectivity index (χ0) is 24.9. The molecule has 0 radical (unpaired) electrons. The van der Waals surface area contributed by atoms with Crippen LogP contribution < -0.4 is 10.6 Å². The molecule has 0 aliphatic heterocycles. The van der Waals surface area contributed by atoms with Crippen LogP contribution in [0, 0.1) is 17.8 Å². The van der Waals surface area contributed by atoms with Crippen LogP contribution in [0.2, 0.25) is 0 Å². The van der Waals surface area contributed by atoms with E-state index in [1.807, 2.05) is 38.1 Å². The SMILES string of the molecule is CC(C)C[C@@H](NC(=O)C(CNC(=O)OCC1c2ccccc2-c2ccccc21)C1CCC1)C(=O)O. The molecule has 2 aliphatic rings. The van der Waals surface area contributed by atoms with Gasteiger partial charge in [-0.15, -0.1) is 0 Å². The summed E-state index contributed by atoms with van der Waals surface area (Å²) in [5.41, 5.74) is 4.59. The average Bonchev–Trinajstić information content (AvgIpc) is 3.12. The number of rotatable bonds is 10. The van der Waals surface area contributed by atoms with Crippen molar-refractivity contribution in [2.24, 2.45) is 17.8 Å². The first-order valence-corrected chi connectivity index (χ1v) is 12.5. The molecule has 35 heavy (non-hydrogen) atoms. The molecule has 1 unspecified atom stereocenters. The van der Waals surface area contributed by atoms with Crippen LogP contribution in [0.5, 0.6) is 0 Å². The monoisotopic (exact) mass is 478 g/mol. The summed E-state index contributed by atoms with van der Waals surface area (Å²) in [5.74, 6) is -1.59. The molecule has 3 N–H and O–H groups in total. The molecular formula is C28H34N2O5. The summed E-state index contributed by atoms with van der Waals surface area (Å²) in [4.78, 5) is 37.2. The topological polar surface area (TPSA) is 105 Å². The highest BCUT2D eigenvalue weighted by Gasteiger charge is 2.35. The van der Waals surface area contributed by atoms with E-state index < -0.39 is 24.0 Å². The third-order valence-corrected chi connectivity index (χ3v) is 7.19. The maximum atomic E-state index is 13.0. The van der Waals surface area contributed by atoms with E-state index in [2.05, 4.69) is 34.9 Å². The van der Waals surface area contributed by atoms with E-state index in [1.54, 1.807) is 0 Å². The third kappa shape index (κ3) is 5.66. The number of hydrogen-bond acceptors (Lipinski definition) is 4. The fourth-order valence-corrected chi connectivity index (χ4v) is 5.13. The molecule has 1 fully saturated rings. The number of nitrogens with one attached hydrogen (secondary N) is 2. The van der Waals surface area contributed by atoms with Crippen molar-refractivity contribution < 1.29 is 24.2 Å². The molecule has 0 heterocycles. The van der Waals surface area contributed by atoms with Gasteiger partial charge in [-0.2, -0.15) is 0 Å². The number of fused-ring (bicyclic) bond motifs is 3. The number of carbonyl (C=O) groups excluding carboxylic acids is 2. The Morgan fingerprint density at radius 3 is 2.11 bits per heavy atom. The van der Waals surface area contributed by atoms with Gasteiger partial charge in [-0.05, 0) is 53.4 Å². The number of ether oxygens (including phenoxy) is 1. The number of carboxylic acids is 1. The molecule has 2 atom stereocenters. The molecule has 0 saturated heterocycles. The van der Waals surface area contributed by atoms with Crippen LogP contribution >= 0.6 is 0 Å². The van der Waals surface area contributed by atoms with Gasteiger partial charge in [0.15, 0.2) is 0 Å². The number of carboxylic acid groups (broad SMARTS) is 1. The number of alkyl carbamates (subject to hydrolysis) is 1. The number of amides is 2. The molecule has 0 aromatic heterocycles. The predicted octanol–water partition coefficient (Wildman–Crippen LogP) is 4.56. The standard InChI is InChI=1S/C28H34N2O5/c1-17(2)14-25(27(32)33)30-26(31)23(18-8-7-9-18)15-29-28(34)35-16-24-21-12-5-3-10-19(21)20-11-4-6-13-22(20)24/h3-6,10-13,17-18,23-25H,7-9,14-16H2,1-2H3,(H,29,34)(H,30,31)(H,32,33)/t23?,25-/m1/s1. The second-order valence-corrected chi connectivity index (χ2v) is 10.0. The van der Waals surface area contributed by atoms with Gasteiger partial charge in [-0.25, -0.2) is 9.59 Å². The molecule has 186 valence electrons. The molecule has 2 amide bonds. The average molecular weight is 479 g/mol. The first kappa shape index (κ1) is 24.8. The summed E-state index contributed by atoms with van der Waals surface area (Å²) in [6, 6.07) is 15.4. The van der Waals surface area contributed by atoms with Crippen molar-refractivity contribution in [3.8, 4) is 11.1 Å². The van der Waals surface area contributed by atoms with Gasteiger partial charge in [-0.3, -0.25) is 4.79 Å². The van der Waals surface area contributed by atoms with E-state index in [9.17, 15) is 19.5 Å². The molecule has 4 rings (SSSR count). The highest BCUT2D eigenvalue weighted by molar-refractivity contribution is 5.85. The van der Waals surface area contributed by atoms with Crippen LogP contribution in [0.4, 0.5) is 4.79 Å². The molecule has 0 spiro atoms. The summed E-state index contributed by atoms with van der Waals surface area (Å²) in [7, 11) is 0. The predicted molar refractivity (Wildman–Crippen MR) is 133 cm³/mol. The van der Waals surface area contributed by atoms with Crippen molar-refractivity contribution in [2.45, 2.75) is 51.5 Å². The Bertz CT molecular complexity index is 1030. The third-order valence-electron chi connectivity index (χ3n) is 7.19. The second-order valence-electron chi connectivity index (χ2n) is 10.0. The summed E-state index contributed by atoms with van der Waals surface area (Å²) < 4.78 is 5.60. The molecule has 0 bridgehead atoms. The highest BCUT2D eigenvalue weighted by atomic mass is 16.5. The minimum Gasteiger partial charge on any atom is -0.480 e. The summed E-state index contributed by atoms with van der Waals surface area (Å²) in [6.07, 6.45) is 2.62. The quantitative estimate of drug-likeness (QED) is 0.464. The van der Waals surface area contributed by atoms with Crippen molar-refractivity contribution in [3.05, 3.63) is 59.7 Å². The molecule has 2 aliphatic carbocycles. The number of benzene rings is 2. The Kier molecular flexibility index (Phi) is 7.73. The Morgan fingerprint density at radius 1 is 1.00 bits per heavy atom. The maximum Gasteiger partial charge on any atom is 0.407 e. The van der Waals surface area contributed by atoms with Crippen molar-refractivity contribution in [1.29, 1.82) is 0 Å². The second kappa shape index (κ2) is 10.9. The van der Waals surface area contributed by atoms with Gasteiger partial charge in [-0.1, -0.05) is 68.8 Å². The number of carbonyl (C=O) groups is 3. The number of aliphatic carboxylic acids is 1. The van der Waals surface area contributed by atoms with E-state index in [0.717, 1.165) is 41.5 Å². The molecular weight excluding hydrogens is 444 g/mol. The molecule has 2 aromatic carbocycles. The summed E-state index contributed by atoms with van der Waals surface area (Å²) in [6.45, 7) is 4.17. The normalized spacial score (nSPS) is 16.5. The lowest BCUT2D eigenvalue weighted by molar-refractivity contribution is -0.143. The minimum atomic E-state index is -1.04. The van der Waals surface area contributed by atoms with Crippen LogP contribution in [0.25, 0.3) is 11.1 Å². The smallest absolute Gasteiger partial charge is 0.407 e. The lowest BCUT2D eigenvalue weighted by Gasteiger charge is -2.33. The van der Waals surface area contributed by atoms with Gasteiger partial charge in [0.1, 0.15) is 12.6 Å². The van der Waals surface area contributed by atoms with Crippen molar-refractivity contribution >= 4 is 18.0 Å². The zero-order valence-electron chi connectivity index (χ0n) is 20.3. The Balaban J connectivity index is 1.35. The van der Waals surface area contributed by atoms with Crippen molar-refractivity contribution in [1.82, 2.24) is 10.6 Å². The van der Waals surface area contributed by atoms with E-state index in [1.165, 1.54) is 0 Å². The van der Waals surface area contributed by atoms with E-state index in [0.29, 0.717) is 6.42 Å². The number of hydrogen-bond donors (Lipinski definition) is 3. The highest BCUT2D eigenvalue weighted by Crippen LogP contribution is 2.44. The van der Waals surface area contributed by atoms with Crippen LogP contribution in [-0.2, 0) is 14.3 Å². The lowest BCUT2D eigenvalue weighted by Crippen LogP contribution is -2.49. The minimum absolute atomic E-state index is 0.0359. The summed E-state index contributed by atoms with van der Waals surface area (Å²) in [5, 5.41) is 14.9. The Hall–Kier alpha value is -3.35. The molecule has 7 heteroatoms. The van der Waals surface area contributed by atoms with Crippen LogP contribution in [-0.4, -0.2) is 42.3 Å². The van der Waals surface area contributed by atoms with E-state index >= 15 is 0 Å². The Morgan fingerprint density at radius 2 is 1.60 bits per heavy atom. The van der Waals surface area contributed by atoms with Crippen molar-refractivity contribution in [2.75, 3.05) is 13.2 Å². The summed E-state index contributed by atoms with van der Waals surface area (Å²) >= 11 is 0. The van der Waals surface area contributed by atoms with Gasteiger partial charge in [0.2, 0.25) is 5.91 Å². The fraction of sp³-hybridized carbons (Fsp3) is 0.464. The van der Waals surface area contributed by atoms with Gasteiger partial charge >= 0.3 is 12.1 Å². The van der Waals surface area contributed by atoms with Gasteiger partial charge < -0.3 is 20.5 Å².